The number of carbonyl (C=O) groups excluding carboxylic acids is 1. The summed E-state index contributed by atoms with van der Waals surface area (Å²) in [5.74, 6) is 0.661. The van der Waals surface area contributed by atoms with E-state index in [4.69, 9.17) is 4.42 Å². The Hall–Kier alpha value is -4.17. The first-order chi connectivity index (χ1) is 15.7. The highest BCUT2D eigenvalue weighted by atomic mass is 32.1. The van der Waals surface area contributed by atoms with E-state index in [2.05, 4.69) is 25.1 Å². The van der Waals surface area contributed by atoms with Crippen LogP contribution in [0.3, 0.4) is 0 Å². The molecule has 0 aliphatic rings. The zero-order valence-corrected chi connectivity index (χ0v) is 17.8. The minimum Gasteiger partial charge on any atom is -0.416 e. The first-order valence-corrected chi connectivity index (χ1v) is 10.7. The lowest BCUT2D eigenvalue weighted by Crippen LogP contribution is -2.11. The lowest BCUT2D eigenvalue weighted by Gasteiger charge is -2.06. The van der Waals surface area contributed by atoms with E-state index in [0.717, 1.165) is 27.9 Å². The summed E-state index contributed by atoms with van der Waals surface area (Å²) in [6.45, 7) is 2.01. The maximum absolute atomic E-state index is 12.6. The topological polar surface area (TPSA) is 93.8 Å². The number of benzene rings is 3. The van der Waals surface area contributed by atoms with Gasteiger partial charge in [-0.1, -0.05) is 34.3 Å². The van der Waals surface area contributed by atoms with Crippen molar-refractivity contribution in [2.45, 2.75) is 6.92 Å². The molecule has 7 nitrogen and oxygen atoms in total. The third-order valence-electron chi connectivity index (χ3n) is 4.88. The van der Waals surface area contributed by atoms with Crippen molar-refractivity contribution in [2.75, 3.05) is 5.32 Å². The Morgan fingerprint density at radius 2 is 1.56 bits per heavy atom. The molecule has 0 radical (unpaired) electrons. The van der Waals surface area contributed by atoms with E-state index in [0.29, 0.717) is 23.0 Å². The third kappa shape index (κ3) is 4.17. The highest BCUT2D eigenvalue weighted by molar-refractivity contribution is 7.03. The van der Waals surface area contributed by atoms with Gasteiger partial charge in [-0.25, -0.2) is 0 Å². The molecule has 0 spiro atoms. The predicted molar refractivity (Wildman–Crippen MR) is 123 cm³/mol. The number of nitrogens with one attached hydrogen (secondary N) is 1. The Kier molecular flexibility index (Phi) is 5.27. The molecule has 0 aliphatic heterocycles. The molecule has 3 aromatic carbocycles. The summed E-state index contributed by atoms with van der Waals surface area (Å²) in [4.78, 5) is 12.6. The van der Waals surface area contributed by atoms with Crippen LogP contribution in [0.15, 0.2) is 82.6 Å². The van der Waals surface area contributed by atoms with E-state index in [1.165, 1.54) is 11.5 Å². The van der Waals surface area contributed by atoms with E-state index >= 15 is 0 Å². The van der Waals surface area contributed by atoms with Crippen LogP contribution in [0.4, 0.5) is 5.69 Å². The number of aryl methyl sites for hydroxylation is 1. The van der Waals surface area contributed by atoms with Gasteiger partial charge in [0.05, 0.1) is 0 Å². The molecule has 0 bridgehead atoms. The van der Waals surface area contributed by atoms with Crippen LogP contribution in [0.5, 0.6) is 0 Å². The van der Waals surface area contributed by atoms with Gasteiger partial charge in [0.25, 0.3) is 5.91 Å². The number of anilines is 1. The van der Waals surface area contributed by atoms with Gasteiger partial charge in [0, 0.05) is 33.3 Å². The highest BCUT2D eigenvalue weighted by Gasteiger charge is 2.12. The lowest BCUT2D eigenvalue weighted by molar-refractivity contribution is 0.102. The molecule has 0 fully saturated rings. The Labute approximate surface area is 187 Å². The number of nitrogens with zero attached hydrogens (tertiary/aromatic N) is 4. The van der Waals surface area contributed by atoms with E-state index < -0.39 is 0 Å². The van der Waals surface area contributed by atoms with Crippen molar-refractivity contribution in [3.05, 3.63) is 89.3 Å². The van der Waals surface area contributed by atoms with Gasteiger partial charge < -0.3 is 9.73 Å². The molecule has 0 unspecified atom stereocenters. The maximum atomic E-state index is 12.6. The monoisotopic (exact) mass is 439 g/mol. The van der Waals surface area contributed by atoms with Gasteiger partial charge in [-0.3, -0.25) is 4.79 Å². The van der Waals surface area contributed by atoms with Crippen molar-refractivity contribution in [1.82, 2.24) is 19.8 Å². The fourth-order valence-electron chi connectivity index (χ4n) is 3.22. The highest BCUT2D eigenvalue weighted by Crippen LogP contribution is 2.25. The minimum absolute atomic E-state index is 0.203. The maximum Gasteiger partial charge on any atom is 0.255 e. The van der Waals surface area contributed by atoms with Crippen LogP contribution in [-0.4, -0.2) is 25.7 Å². The van der Waals surface area contributed by atoms with Crippen LogP contribution in [0.1, 0.15) is 15.9 Å². The van der Waals surface area contributed by atoms with Crippen LogP contribution in [0.2, 0.25) is 0 Å². The average Bonchev–Trinajstić information content (AvgIpc) is 3.53. The summed E-state index contributed by atoms with van der Waals surface area (Å²) in [5, 5.41) is 17.1. The second kappa shape index (κ2) is 8.52. The molecule has 0 aliphatic carbocycles. The number of hydrogen-bond donors (Lipinski definition) is 1. The van der Waals surface area contributed by atoms with Gasteiger partial charge in [-0.15, -0.1) is 15.3 Å². The summed E-state index contributed by atoms with van der Waals surface area (Å²) in [7, 11) is 0. The van der Waals surface area contributed by atoms with Crippen LogP contribution in [-0.2, 0) is 0 Å². The molecule has 1 N–H and O–H groups in total. The summed E-state index contributed by atoms with van der Waals surface area (Å²) in [6, 6.07) is 22.4. The van der Waals surface area contributed by atoms with Crippen molar-refractivity contribution < 1.29 is 9.21 Å². The summed E-state index contributed by atoms with van der Waals surface area (Å²) in [6.07, 6.45) is 0. The number of rotatable bonds is 5. The van der Waals surface area contributed by atoms with Gasteiger partial charge in [0.15, 0.2) is 0 Å². The van der Waals surface area contributed by atoms with Crippen molar-refractivity contribution in [2.24, 2.45) is 0 Å². The molecule has 8 heteroatoms. The molecule has 2 heterocycles. The molecule has 5 aromatic rings. The fourth-order valence-corrected chi connectivity index (χ4v) is 3.68. The number of amides is 1. The van der Waals surface area contributed by atoms with Gasteiger partial charge >= 0.3 is 0 Å². The van der Waals surface area contributed by atoms with Gasteiger partial charge in [-0.2, -0.15) is 0 Å². The molecule has 156 valence electrons. The van der Waals surface area contributed by atoms with E-state index in [-0.39, 0.29) is 5.91 Å². The number of hydrogen-bond acceptors (Lipinski definition) is 7. The summed E-state index contributed by atoms with van der Waals surface area (Å²) in [5.41, 5.74) is 5.73. The molecule has 32 heavy (non-hydrogen) atoms. The SMILES string of the molecule is Cc1cccc(-c2nnc(-c3ccc(C(=O)Nc4ccc(-c5csnn5)cc4)cc3)o2)c1. The Morgan fingerprint density at radius 1 is 0.844 bits per heavy atom. The standard InChI is InChI=1S/C24H17N5O2S/c1-15-3-2-4-19(13-15)24-28-27-23(31-24)18-7-5-17(6-8-18)22(30)25-20-11-9-16(10-12-20)21-14-32-29-26-21/h2-14H,1H3,(H,25,30). The fraction of sp³-hybridized carbons (Fsp3) is 0.0417. The zero-order valence-electron chi connectivity index (χ0n) is 17.0. The van der Waals surface area contributed by atoms with Crippen LogP contribution >= 0.6 is 11.5 Å². The average molecular weight is 440 g/mol. The predicted octanol–water partition coefficient (Wildman–Crippen LogP) is 5.48. The second-order valence-corrected chi connectivity index (χ2v) is 7.79. The van der Waals surface area contributed by atoms with Crippen molar-refractivity contribution in [3.63, 3.8) is 0 Å². The second-order valence-electron chi connectivity index (χ2n) is 7.18. The van der Waals surface area contributed by atoms with Gasteiger partial charge in [0.2, 0.25) is 11.8 Å². The zero-order chi connectivity index (χ0) is 21.9. The molecule has 0 saturated carbocycles. The van der Waals surface area contributed by atoms with E-state index in [9.17, 15) is 4.79 Å². The largest absolute Gasteiger partial charge is 0.416 e. The third-order valence-corrected chi connectivity index (χ3v) is 5.39. The Morgan fingerprint density at radius 3 is 2.25 bits per heavy atom. The van der Waals surface area contributed by atoms with E-state index in [1.807, 2.05) is 60.8 Å². The van der Waals surface area contributed by atoms with Gasteiger partial charge in [0.1, 0.15) is 5.69 Å². The molecular formula is C24H17N5O2S. The lowest BCUT2D eigenvalue weighted by atomic mass is 10.1. The van der Waals surface area contributed by atoms with E-state index in [1.54, 1.807) is 24.3 Å². The first-order valence-electron chi connectivity index (χ1n) is 9.85. The normalized spacial score (nSPS) is 10.8. The molecule has 1 amide bonds. The van der Waals surface area contributed by atoms with Crippen LogP contribution in [0.25, 0.3) is 34.2 Å². The molecule has 0 atom stereocenters. The minimum atomic E-state index is -0.203. The molecular weight excluding hydrogens is 422 g/mol. The van der Waals surface area contributed by atoms with Crippen molar-refractivity contribution >= 4 is 23.1 Å². The molecule has 5 rings (SSSR count). The van der Waals surface area contributed by atoms with Crippen LogP contribution < -0.4 is 5.32 Å². The first kappa shape index (κ1) is 19.8. The molecule has 2 aromatic heterocycles. The van der Waals surface area contributed by atoms with Crippen LogP contribution in [0, 0.1) is 6.92 Å². The van der Waals surface area contributed by atoms with Crippen molar-refractivity contribution in [1.29, 1.82) is 0 Å². The smallest absolute Gasteiger partial charge is 0.255 e. The van der Waals surface area contributed by atoms with Gasteiger partial charge in [-0.05, 0) is 67.0 Å². The quantitative estimate of drug-likeness (QED) is 0.390. The number of carbonyl (C=O) groups is 1. The van der Waals surface area contributed by atoms with Crippen molar-refractivity contribution in [3.8, 4) is 34.2 Å². The Bertz CT molecular complexity index is 1360. The summed E-state index contributed by atoms with van der Waals surface area (Å²) >= 11 is 1.30. The summed E-state index contributed by atoms with van der Waals surface area (Å²) < 4.78 is 9.68. The molecule has 0 saturated heterocycles. The Balaban J connectivity index is 1.28. The number of aromatic nitrogens is 4.